The smallest absolute Gasteiger partial charge is 0.314 e. The van der Waals surface area contributed by atoms with Gasteiger partial charge in [0.15, 0.2) is 0 Å². The quantitative estimate of drug-likeness (QED) is 0.512. The Morgan fingerprint density at radius 1 is 1.29 bits per heavy atom. The number of nitrogens with zero attached hydrogens (tertiary/aromatic N) is 4. The number of alkyl halides is 2. The van der Waals surface area contributed by atoms with Crippen molar-refractivity contribution in [3.63, 3.8) is 0 Å². The molecule has 1 fully saturated rings. The predicted molar refractivity (Wildman–Crippen MR) is 114 cm³/mol. The first-order chi connectivity index (χ1) is 14.9. The Morgan fingerprint density at radius 2 is 2.06 bits per heavy atom. The summed E-state index contributed by atoms with van der Waals surface area (Å²) in [5.74, 6) is 0.358. The van der Waals surface area contributed by atoms with Crippen molar-refractivity contribution in [1.29, 1.82) is 0 Å². The number of thiophene rings is 1. The number of hydrogen-bond donors (Lipinski definition) is 0. The fourth-order valence-electron chi connectivity index (χ4n) is 3.23. The van der Waals surface area contributed by atoms with Crippen molar-refractivity contribution in [3.05, 3.63) is 64.7 Å². The van der Waals surface area contributed by atoms with Gasteiger partial charge in [0.1, 0.15) is 11.6 Å². The summed E-state index contributed by atoms with van der Waals surface area (Å²) in [7, 11) is -0.817. The SMILES string of the molecule is C=C(N1CCS(=O)CC1)N(Cc1ccc(-c2nnc(C(F)F)o2)cc1F)c1ccsc1. The minimum Gasteiger partial charge on any atom is -0.415 e. The van der Waals surface area contributed by atoms with Crippen LogP contribution in [0.3, 0.4) is 0 Å². The van der Waals surface area contributed by atoms with Crippen molar-refractivity contribution in [2.75, 3.05) is 29.5 Å². The van der Waals surface area contributed by atoms with Crippen LogP contribution in [-0.2, 0) is 17.3 Å². The summed E-state index contributed by atoms with van der Waals surface area (Å²) in [5, 5.41) is 10.7. The van der Waals surface area contributed by atoms with E-state index in [1.165, 1.54) is 17.4 Å². The van der Waals surface area contributed by atoms with Crippen molar-refractivity contribution in [1.82, 2.24) is 15.1 Å². The molecule has 0 radical (unpaired) electrons. The van der Waals surface area contributed by atoms with E-state index < -0.39 is 28.9 Å². The summed E-state index contributed by atoms with van der Waals surface area (Å²) in [4.78, 5) is 3.96. The lowest BCUT2D eigenvalue weighted by Crippen LogP contribution is -2.42. The highest BCUT2D eigenvalue weighted by atomic mass is 32.2. The molecule has 1 saturated heterocycles. The van der Waals surface area contributed by atoms with Crippen molar-refractivity contribution in [2.24, 2.45) is 0 Å². The maximum atomic E-state index is 14.9. The Bertz CT molecular complexity index is 1080. The van der Waals surface area contributed by atoms with Gasteiger partial charge in [-0.1, -0.05) is 12.6 Å². The topological polar surface area (TPSA) is 62.5 Å². The van der Waals surface area contributed by atoms with E-state index in [1.807, 2.05) is 21.7 Å². The van der Waals surface area contributed by atoms with Gasteiger partial charge in [-0.3, -0.25) is 4.21 Å². The zero-order valence-electron chi connectivity index (χ0n) is 16.3. The van der Waals surface area contributed by atoms with Gasteiger partial charge in [-0.25, -0.2) is 4.39 Å². The van der Waals surface area contributed by atoms with Crippen LogP contribution in [0.4, 0.5) is 18.9 Å². The summed E-state index contributed by atoms with van der Waals surface area (Å²) in [6, 6.07) is 6.24. The molecule has 3 aromatic rings. The molecule has 2 aromatic heterocycles. The largest absolute Gasteiger partial charge is 0.415 e. The van der Waals surface area contributed by atoms with Crippen LogP contribution >= 0.6 is 11.3 Å². The molecule has 164 valence electrons. The van der Waals surface area contributed by atoms with Gasteiger partial charge in [0.25, 0.3) is 5.89 Å². The third-order valence-electron chi connectivity index (χ3n) is 4.93. The van der Waals surface area contributed by atoms with Gasteiger partial charge >= 0.3 is 6.43 Å². The van der Waals surface area contributed by atoms with Crippen LogP contribution in [0.2, 0.25) is 0 Å². The van der Waals surface area contributed by atoms with E-state index in [-0.39, 0.29) is 18.0 Å². The van der Waals surface area contributed by atoms with Crippen LogP contribution in [0, 0.1) is 5.82 Å². The maximum Gasteiger partial charge on any atom is 0.314 e. The zero-order valence-corrected chi connectivity index (χ0v) is 18.0. The van der Waals surface area contributed by atoms with E-state index in [9.17, 15) is 17.4 Å². The molecule has 0 aliphatic carbocycles. The molecule has 0 atom stereocenters. The molecule has 1 aliphatic rings. The molecular weight excluding hydrogens is 449 g/mol. The van der Waals surface area contributed by atoms with Crippen LogP contribution in [-0.4, -0.2) is 43.9 Å². The monoisotopic (exact) mass is 468 g/mol. The lowest BCUT2D eigenvalue weighted by molar-refractivity contribution is 0.116. The van der Waals surface area contributed by atoms with Crippen LogP contribution < -0.4 is 4.90 Å². The Hall–Kier alpha value is -2.66. The van der Waals surface area contributed by atoms with Gasteiger partial charge in [-0.2, -0.15) is 20.1 Å². The molecule has 0 unspecified atom stereocenters. The van der Waals surface area contributed by atoms with Crippen molar-refractivity contribution in [2.45, 2.75) is 13.0 Å². The molecule has 0 spiro atoms. The Balaban J connectivity index is 1.56. The van der Waals surface area contributed by atoms with Gasteiger partial charge in [-0.05, 0) is 23.6 Å². The molecule has 3 heterocycles. The highest BCUT2D eigenvalue weighted by molar-refractivity contribution is 7.85. The molecule has 1 aliphatic heterocycles. The fraction of sp³-hybridized carbons (Fsp3) is 0.300. The number of rotatable bonds is 7. The summed E-state index contributed by atoms with van der Waals surface area (Å²) in [6.07, 6.45) is -2.89. The lowest BCUT2D eigenvalue weighted by Gasteiger charge is -2.37. The van der Waals surface area contributed by atoms with E-state index in [0.717, 1.165) is 5.69 Å². The minimum absolute atomic E-state index is 0.166. The van der Waals surface area contributed by atoms with Crippen LogP contribution in [0.1, 0.15) is 17.9 Å². The highest BCUT2D eigenvalue weighted by Crippen LogP contribution is 2.29. The molecular formula is C20H19F3N4O2S2. The molecule has 0 saturated carbocycles. The molecule has 0 bridgehead atoms. The Kier molecular flexibility index (Phi) is 6.42. The summed E-state index contributed by atoms with van der Waals surface area (Å²) in [6.45, 7) is 5.66. The standard InChI is InChI=1S/C20H19F3N4O2S2/c1-13(26-5-8-31(28)9-6-26)27(16-4-7-30-12-16)11-15-3-2-14(10-17(15)21)19-24-25-20(29-19)18(22)23/h2-4,7,10,12,18H,1,5-6,8-9,11H2. The summed E-state index contributed by atoms with van der Waals surface area (Å²) >= 11 is 1.52. The van der Waals surface area contributed by atoms with Gasteiger partial charge in [-0.15, -0.1) is 10.2 Å². The fourth-order valence-corrected chi connectivity index (χ4v) is 4.92. The lowest BCUT2D eigenvalue weighted by atomic mass is 10.1. The molecule has 0 amide bonds. The first kappa shape index (κ1) is 21.6. The minimum atomic E-state index is -2.89. The molecule has 0 N–H and O–H groups in total. The molecule has 1 aromatic carbocycles. The normalized spacial score (nSPS) is 14.9. The average molecular weight is 469 g/mol. The van der Waals surface area contributed by atoms with Crippen molar-refractivity contribution < 1.29 is 21.8 Å². The van der Waals surface area contributed by atoms with Crippen molar-refractivity contribution >= 4 is 27.8 Å². The maximum absolute atomic E-state index is 14.9. The third-order valence-corrected chi connectivity index (χ3v) is 6.87. The van der Waals surface area contributed by atoms with Gasteiger partial charge in [0.05, 0.1) is 12.2 Å². The molecule has 6 nitrogen and oxygen atoms in total. The van der Waals surface area contributed by atoms with E-state index in [0.29, 0.717) is 36.0 Å². The summed E-state index contributed by atoms with van der Waals surface area (Å²) < 4.78 is 56.8. The Labute approximate surface area is 183 Å². The van der Waals surface area contributed by atoms with Crippen LogP contribution in [0.15, 0.2) is 51.8 Å². The van der Waals surface area contributed by atoms with E-state index in [2.05, 4.69) is 21.7 Å². The first-order valence-corrected chi connectivity index (χ1v) is 11.8. The van der Waals surface area contributed by atoms with Crippen LogP contribution in [0.25, 0.3) is 11.5 Å². The van der Waals surface area contributed by atoms with E-state index in [4.69, 9.17) is 4.42 Å². The van der Waals surface area contributed by atoms with Gasteiger partial charge < -0.3 is 14.2 Å². The van der Waals surface area contributed by atoms with E-state index >= 15 is 0 Å². The molecule has 31 heavy (non-hydrogen) atoms. The second-order valence-electron chi connectivity index (χ2n) is 6.87. The second-order valence-corrected chi connectivity index (χ2v) is 9.35. The highest BCUT2D eigenvalue weighted by Gasteiger charge is 2.23. The Morgan fingerprint density at radius 3 is 2.68 bits per heavy atom. The van der Waals surface area contributed by atoms with Crippen molar-refractivity contribution in [3.8, 4) is 11.5 Å². The average Bonchev–Trinajstić information content (AvgIpc) is 3.45. The molecule has 11 heteroatoms. The van der Waals surface area contributed by atoms with E-state index in [1.54, 1.807) is 12.1 Å². The third kappa shape index (κ3) is 4.82. The number of halogens is 3. The first-order valence-electron chi connectivity index (χ1n) is 9.41. The van der Waals surface area contributed by atoms with Gasteiger partial charge in [0.2, 0.25) is 5.89 Å². The predicted octanol–water partition coefficient (Wildman–Crippen LogP) is 4.42. The second kappa shape index (κ2) is 9.23. The van der Waals surface area contributed by atoms with Gasteiger partial charge in [0, 0.05) is 51.9 Å². The summed E-state index contributed by atoms with van der Waals surface area (Å²) in [5.41, 5.74) is 1.49. The zero-order chi connectivity index (χ0) is 22.0. The number of anilines is 1. The molecule has 4 rings (SSSR count). The van der Waals surface area contributed by atoms with Crippen LogP contribution in [0.5, 0.6) is 0 Å². The number of benzene rings is 1. The number of aromatic nitrogens is 2. The number of hydrogen-bond acceptors (Lipinski definition) is 7.